The second-order valence-corrected chi connectivity index (χ2v) is 8.24. The number of likely N-dealkylation sites (N-methyl/N-ethyl adjacent to an activating group) is 1. The second kappa shape index (κ2) is 8.30. The molecule has 1 aromatic carbocycles. The molecule has 5 nitrogen and oxygen atoms in total. The topological polar surface area (TPSA) is 58.1 Å². The SMILES string of the molecule is C#CC1(NC(=O)CN(C)C)CCC(C(C)C)c2cc(-c3ccccc3F)nnc21. The predicted molar refractivity (Wildman–Crippen MR) is 111 cm³/mol. The van der Waals surface area contributed by atoms with Crippen LogP contribution in [0.15, 0.2) is 30.3 Å². The zero-order chi connectivity index (χ0) is 21.2. The van der Waals surface area contributed by atoms with Gasteiger partial charge in [0, 0.05) is 5.56 Å². The first kappa shape index (κ1) is 20.9. The van der Waals surface area contributed by atoms with Crippen LogP contribution in [0.3, 0.4) is 0 Å². The van der Waals surface area contributed by atoms with E-state index in [0.29, 0.717) is 29.3 Å². The first-order valence-electron chi connectivity index (χ1n) is 9.84. The minimum atomic E-state index is -1.01. The number of aromatic nitrogens is 2. The van der Waals surface area contributed by atoms with E-state index >= 15 is 0 Å². The van der Waals surface area contributed by atoms with E-state index in [-0.39, 0.29) is 24.2 Å². The summed E-state index contributed by atoms with van der Waals surface area (Å²) in [6, 6.07) is 8.39. The molecular formula is C23H27FN4O. The van der Waals surface area contributed by atoms with Gasteiger partial charge < -0.3 is 10.2 Å². The lowest BCUT2D eigenvalue weighted by molar-refractivity contribution is -0.123. The van der Waals surface area contributed by atoms with Gasteiger partial charge in [0.25, 0.3) is 0 Å². The van der Waals surface area contributed by atoms with Crippen molar-refractivity contribution in [2.24, 2.45) is 5.92 Å². The molecule has 0 bridgehead atoms. The van der Waals surface area contributed by atoms with E-state index in [1.165, 1.54) is 6.07 Å². The number of carbonyl (C=O) groups is 1. The number of carbonyl (C=O) groups excluding carboxylic acids is 1. The van der Waals surface area contributed by atoms with E-state index in [2.05, 4.69) is 35.3 Å². The van der Waals surface area contributed by atoms with Crippen LogP contribution in [0.25, 0.3) is 11.3 Å². The molecule has 0 spiro atoms. The molecule has 1 amide bonds. The van der Waals surface area contributed by atoms with Crippen molar-refractivity contribution < 1.29 is 9.18 Å². The summed E-state index contributed by atoms with van der Waals surface area (Å²) >= 11 is 0. The highest BCUT2D eigenvalue weighted by molar-refractivity contribution is 5.80. The van der Waals surface area contributed by atoms with Crippen LogP contribution in [0.2, 0.25) is 0 Å². The normalized spacial score (nSPS) is 21.0. The zero-order valence-electron chi connectivity index (χ0n) is 17.4. The summed E-state index contributed by atoms with van der Waals surface area (Å²) < 4.78 is 14.3. The van der Waals surface area contributed by atoms with Gasteiger partial charge in [-0.25, -0.2) is 4.39 Å². The van der Waals surface area contributed by atoms with Gasteiger partial charge in [0.1, 0.15) is 17.1 Å². The van der Waals surface area contributed by atoms with E-state index in [1.54, 1.807) is 23.1 Å². The second-order valence-electron chi connectivity index (χ2n) is 8.24. The number of amides is 1. The molecule has 1 aliphatic carbocycles. The number of nitrogens with zero attached hydrogens (tertiary/aromatic N) is 3. The number of nitrogens with one attached hydrogen (secondary N) is 1. The standard InChI is InChI=1S/C23H27FN4O/c1-6-23(25-21(29)14-28(4)5)12-11-16(15(2)3)18-13-20(26-27-22(18)23)17-9-7-8-10-19(17)24/h1,7-10,13,15-16H,11-12,14H2,2-5H3,(H,25,29). The molecule has 1 aliphatic rings. The monoisotopic (exact) mass is 394 g/mol. The lowest BCUT2D eigenvalue weighted by Gasteiger charge is -2.39. The molecule has 6 heteroatoms. The van der Waals surface area contributed by atoms with Crippen LogP contribution in [-0.2, 0) is 10.3 Å². The van der Waals surface area contributed by atoms with Crippen molar-refractivity contribution in [2.75, 3.05) is 20.6 Å². The molecule has 29 heavy (non-hydrogen) atoms. The maximum atomic E-state index is 14.3. The van der Waals surface area contributed by atoms with E-state index < -0.39 is 5.54 Å². The van der Waals surface area contributed by atoms with Crippen molar-refractivity contribution in [3.05, 3.63) is 47.4 Å². The Morgan fingerprint density at radius 2 is 2.10 bits per heavy atom. The van der Waals surface area contributed by atoms with Crippen molar-refractivity contribution in [1.82, 2.24) is 20.4 Å². The van der Waals surface area contributed by atoms with Crippen molar-refractivity contribution in [3.8, 4) is 23.6 Å². The van der Waals surface area contributed by atoms with Gasteiger partial charge in [-0.1, -0.05) is 31.9 Å². The van der Waals surface area contributed by atoms with Crippen LogP contribution in [-0.4, -0.2) is 41.6 Å². The highest BCUT2D eigenvalue weighted by atomic mass is 19.1. The lowest BCUT2D eigenvalue weighted by atomic mass is 9.71. The number of hydrogen-bond acceptors (Lipinski definition) is 4. The first-order chi connectivity index (χ1) is 13.8. The Morgan fingerprint density at radius 3 is 2.72 bits per heavy atom. The zero-order valence-corrected chi connectivity index (χ0v) is 17.4. The summed E-state index contributed by atoms with van der Waals surface area (Å²) in [5, 5.41) is 11.7. The van der Waals surface area contributed by atoms with Gasteiger partial charge in [0.2, 0.25) is 5.91 Å². The average Bonchev–Trinajstić information content (AvgIpc) is 2.67. The highest BCUT2D eigenvalue weighted by Gasteiger charge is 2.42. The molecule has 1 aromatic heterocycles. The highest BCUT2D eigenvalue weighted by Crippen LogP contribution is 2.44. The van der Waals surface area contributed by atoms with Crippen LogP contribution in [0.1, 0.15) is 43.9 Å². The summed E-state index contributed by atoms with van der Waals surface area (Å²) in [7, 11) is 3.65. The number of benzene rings is 1. The summed E-state index contributed by atoms with van der Waals surface area (Å²) in [5.74, 6) is 2.82. The minimum absolute atomic E-state index is 0.165. The van der Waals surface area contributed by atoms with E-state index in [4.69, 9.17) is 6.42 Å². The van der Waals surface area contributed by atoms with Gasteiger partial charge in [0.05, 0.1) is 12.2 Å². The molecule has 0 saturated carbocycles. The Bertz CT molecular complexity index is 950. The predicted octanol–water partition coefficient (Wildman–Crippen LogP) is 3.32. The number of terminal acetylenes is 1. The van der Waals surface area contributed by atoms with Crippen LogP contribution < -0.4 is 5.32 Å². The summed E-state index contributed by atoms with van der Waals surface area (Å²) in [6.07, 6.45) is 7.32. The lowest BCUT2D eigenvalue weighted by Crippen LogP contribution is -2.50. The molecule has 152 valence electrons. The fourth-order valence-electron chi connectivity index (χ4n) is 4.02. The Kier molecular flexibility index (Phi) is 5.99. The third-order valence-corrected chi connectivity index (χ3v) is 5.47. The molecule has 0 aliphatic heterocycles. The van der Waals surface area contributed by atoms with Gasteiger partial charge in [-0.2, -0.15) is 10.2 Å². The molecule has 0 saturated heterocycles. The van der Waals surface area contributed by atoms with Gasteiger partial charge in [-0.15, -0.1) is 6.42 Å². The largest absolute Gasteiger partial charge is 0.333 e. The van der Waals surface area contributed by atoms with E-state index in [0.717, 1.165) is 12.0 Å². The van der Waals surface area contributed by atoms with Crippen LogP contribution in [0.4, 0.5) is 4.39 Å². The van der Waals surface area contributed by atoms with Crippen molar-refractivity contribution in [1.29, 1.82) is 0 Å². The third-order valence-electron chi connectivity index (χ3n) is 5.47. The molecule has 3 rings (SSSR count). The van der Waals surface area contributed by atoms with Crippen LogP contribution >= 0.6 is 0 Å². The Labute approximate surface area is 171 Å². The minimum Gasteiger partial charge on any atom is -0.333 e. The molecular weight excluding hydrogens is 367 g/mol. The molecule has 1 N–H and O–H groups in total. The molecule has 2 aromatic rings. The summed E-state index contributed by atoms with van der Waals surface area (Å²) in [5.41, 5.74) is 1.40. The van der Waals surface area contributed by atoms with Gasteiger partial charge in [0.15, 0.2) is 0 Å². The fraction of sp³-hybridized carbons (Fsp3) is 0.435. The molecule has 2 unspecified atom stereocenters. The maximum Gasteiger partial charge on any atom is 0.235 e. The summed E-state index contributed by atoms with van der Waals surface area (Å²) in [6.45, 7) is 4.52. The Hall–Kier alpha value is -2.78. The van der Waals surface area contributed by atoms with Crippen molar-refractivity contribution >= 4 is 5.91 Å². The van der Waals surface area contributed by atoms with Crippen molar-refractivity contribution in [3.63, 3.8) is 0 Å². The third kappa shape index (κ3) is 4.15. The number of hydrogen-bond donors (Lipinski definition) is 1. The maximum absolute atomic E-state index is 14.3. The molecule has 2 atom stereocenters. The van der Waals surface area contributed by atoms with Gasteiger partial charge >= 0.3 is 0 Å². The summed E-state index contributed by atoms with van der Waals surface area (Å²) in [4.78, 5) is 14.3. The van der Waals surface area contributed by atoms with Gasteiger partial charge in [-0.3, -0.25) is 4.79 Å². The molecule has 0 fully saturated rings. The van der Waals surface area contributed by atoms with Crippen LogP contribution in [0, 0.1) is 24.1 Å². The van der Waals surface area contributed by atoms with E-state index in [9.17, 15) is 9.18 Å². The molecule has 1 heterocycles. The number of halogens is 1. The van der Waals surface area contributed by atoms with Gasteiger partial charge in [-0.05, 0) is 62.5 Å². The smallest absolute Gasteiger partial charge is 0.235 e. The number of fused-ring (bicyclic) bond motifs is 1. The number of rotatable bonds is 5. The van der Waals surface area contributed by atoms with Crippen LogP contribution in [0.5, 0.6) is 0 Å². The average molecular weight is 394 g/mol. The fourth-order valence-corrected chi connectivity index (χ4v) is 4.02. The molecule has 0 radical (unpaired) electrons. The Morgan fingerprint density at radius 1 is 1.38 bits per heavy atom. The van der Waals surface area contributed by atoms with Crippen molar-refractivity contribution in [2.45, 2.75) is 38.1 Å². The quantitative estimate of drug-likeness (QED) is 0.791. The van der Waals surface area contributed by atoms with E-state index in [1.807, 2.05) is 20.2 Å². The first-order valence-corrected chi connectivity index (χ1v) is 9.84. The Balaban J connectivity index is 2.10.